The number of anilines is 2. The van der Waals surface area contributed by atoms with Gasteiger partial charge in [-0.1, -0.05) is 12.1 Å². The number of methoxy groups -OCH3 is 1. The average molecular weight is 570 g/mol. The number of nitrogen functional groups attached to an aromatic ring is 1. The molecule has 0 radical (unpaired) electrons. The van der Waals surface area contributed by atoms with Crippen LogP contribution in [0.25, 0.3) is 28.2 Å². The van der Waals surface area contributed by atoms with Crippen molar-refractivity contribution in [3.63, 3.8) is 0 Å². The van der Waals surface area contributed by atoms with Crippen molar-refractivity contribution >= 4 is 22.9 Å². The number of hydrogen-bond donors (Lipinski definition) is 3. The third-order valence-electron chi connectivity index (χ3n) is 7.36. The second-order valence-electron chi connectivity index (χ2n) is 9.93. The van der Waals surface area contributed by atoms with Crippen LogP contribution in [0.3, 0.4) is 0 Å². The fourth-order valence-corrected chi connectivity index (χ4v) is 5.18. The van der Waals surface area contributed by atoms with E-state index in [1.165, 1.54) is 25.3 Å². The van der Waals surface area contributed by atoms with E-state index in [9.17, 15) is 9.18 Å². The van der Waals surface area contributed by atoms with Crippen LogP contribution in [0.5, 0.6) is 5.75 Å². The van der Waals surface area contributed by atoms with Crippen LogP contribution in [0.2, 0.25) is 0 Å². The first-order valence-corrected chi connectivity index (χ1v) is 13.5. The minimum atomic E-state index is -0.582. The van der Waals surface area contributed by atoms with Gasteiger partial charge in [0.25, 0.3) is 5.91 Å². The SMILES string of the molecule is COc1ccc(F)cc1C(=O)NCc1ccc(-c2nc(-c3ccc(N4CCNCC4)cc3)n3ccnc(N)c23)cc1F. The summed E-state index contributed by atoms with van der Waals surface area (Å²) in [5, 5.41) is 5.99. The van der Waals surface area contributed by atoms with E-state index in [2.05, 4.69) is 32.7 Å². The Morgan fingerprint density at radius 3 is 2.55 bits per heavy atom. The number of piperazine rings is 1. The summed E-state index contributed by atoms with van der Waals surface area (Å²) in [5.41, 5.74) is 10.1. The van der Waals surface area contributed by atoms with Crippen molar-refractivity contribution < 1.29 is 18.3 Å². The van der Waals surface area contributed by atoms with Gasteiger partial charge in [0, 0.05) is 67.5 Å². The van der Waals surface area contributed by atoms with Gasteiger partial charge >= 0.3 is 0 Å². The Morgan fingerprint density at radius 1 is 1.05 bits per heavy atom. The predicted octanol–water partition coefficient (Wildman–Crippen LogP) is 4.27. The Morgan fingerprint density at radius 2 is 1.81 bits per heavy atom. The third kappa shape index (κ3) is 5.21. The lowest BCUT2D eigenvalue weighted by atomic mass is 10.1. The van der Waals surface area contributed by atoms with Gasteiger partial charge in [-0.05, 0) is 48.5 Å². The van der Waals surface area contributed by atoms with Gasteiger partial charge in [0.1, 0.15) is 40.2 Å². The molecule has 11 heteroatoms. The average Bonchev–Trinajstić information content (AvgIpc) is 3.42. The second kappa shape index (κ2) is 11.5. The highest BCUT2D eigenvalue weighted by molar-refractivity contribution is 5.97. The number of carbonyl (C=O) groups excluding carboxylic acids is 1. The number of halogens is 2. The lowest BCUT2D eigenvalue weighted by Crippen LogP contribution is -2.43. The number of nitrogens with zero attached hydrogens (tertiary/aromatic N) is 4. The van der Waals surface area contributed by atoms with E-state index < -0.39 is 17.5 Å². The zero-order valence-corrected chi connectivity index (χ0v) is 22.9. The Hall–Kier alpha value is -5.03. The van der Waals surface area contributed by atoms with Gasteiger partial charge < -0.3 is 26.0 Å². The number of hydrogen-bond acceptors (Lipinski definition) is 7. The molecule has 3 aromatic carbocycles. The van der Waals surface area contributed by atoms with Crippen molar-refractivity contribution in [1.82, 2.24) is 25.0 Å². The van der Waals surface area contributed by atoms with Gasteiger partial charge in [0.2, 0.25) is 0 Å². The maximum Gasteiger partial charge on any atom is 0.255 e. The van der Waals surface area contributed by atoms with E-state index in [0.717, 1.165) is 43.5 Å². The van der Waals surface area contributed by atoms with Crippen molar-refractivity contribution in [1.29, 1.82) is 0 Å². The molecule has 42 heavy (non-hydrogen) atoms. The standard InChI is InChI=1S/C31H29F2N7O2/c1-42-26-9-6-22(32)17-24(26)31(41)37-18-21-3-2-20(16-25(21)33)27-28-29(34)36-12-15-40(28)30(38-27)19-4-7-23(8-5-19)39-13-10-35-11-14-39/h2-9,12,15-17,35H,10-11,13-14,18H2,1H3,(H2,34,36)(H,37,41). The van der Waals surface area contributed by atoms with Crippen molar-refractivity contribution in [2.75, 3.05) is 43.9 Å². The van der Waals surface area contributed by atoms with Gasteiger partial charge in [-0.15, -0.1) is 0 Å². The molecule has 6 rings (SSSR count). The van der Waals surface area contributed by atoms with Crippen molar-refractivity contribution in [2.45, 2.75) is 6.54 Å². The van der Waals surface area contributed by atoms with Gasteiger partial charge in [0.15, 0.2) is 0 Å². The zero-order valence-electron chi connectivity index (χ0n) is 22.9. The molecule has 0 atom stereocenters. The summed E-state index contributed by atoms with van der Waals surface area (Å²) in [6.45, 7) is 3.69. The highest BCUT2D eigenvalue weighted by Gasteiger charge is 2.20. The second-order valence-corrected chi connectivity index (χ2v) is 9.93. The summed E-state index contributed by atoms with van der Waals surface area (Å²) in [5.74, 6) is -0.554. The van der Waals surface area contributed by atoms with E-state index in [4.69, 9.17) is 15.5 Å². The van der Waals surface area contributed by atoms with Gasteiger partial charge in [-0.3, -0.25) is 9.20 Å². The van der Waals surface area contributed by atoms with E-state index >= 15 is 4.39 Å². The van der Waals surface area contributed by atoms with Crippen molar-refractivity contribution in [3.05, 3.63) is 95.8 Å². The van der Waals surface area contributed by atoms with Crippen LogP contribution in [-0.2, 0) is 6.54 Å². The number of aromatic nitrogens is 3. The summed E-state index contributed by atoms with van der Waals surface area (Å²) in [6, 6.07) is 16.5. The largest absolute Gasteiger partial charge is 0.496 e. The molecule has 0 spiro atoms. The minimum absolute atomic E-state index is 0.0236. The van der Waals surface area contributed by atoms with Gasteiger partial charge in [-0.25, -0.2) is 18.7 Å². The summed E-state index contributed by atoms with van der Waals surface area (Å²) < 4.78 is 36.0. The first kappa shape index (κ1) is 27.2. The highest BCUT2D eigenvalue weighted by atomic mass is 19.1. The maximum atomic E-state index is 15.3. The lowest BCUT2D eigenvalue weighted by Gasteiger charge is -2.29. The summed E-state index contributed by atoms with van der Waals surface area (Å²) >= 11 is 0. The molecule has 9 nitrogen and oxygen atoms in total. The number of imidazole rings is 1. The number of nitrogens with one attached hydrogen (secondary N) is 2. The molecular weight excluding hydrogens is 540 g/mol. The Balaban J connectivity index is 1.28. The molecule has 1 saturated heterocycles. The highest BCUT2D eigenvalue weighted by Crippen LogP contribution is 2.33. The van der Waals surface area contributed by atoms with E-state index in [-0.39, 0.29) is 29.2 Å². The van der Waals surface area contributed by atoms with Crippen LogP contribution < -0.4 is 26.0 Å². The number of nitrogens with two attached hydrogens (primary N) is 1. The van der Waals surface area contributed by atoms with E-state index in [0.29, 0.717) is 22.6 Å². The van der Waals surface area contributed by atoms with Crippen molar-refractivity contribution in [3.8, 4) is 28.4 Å². The maximum absolute atomic E-state index is 15.3. The van der Waals surface area contributed by atoms with Crippen LogP contribution in [0.1, 0.15) is 15.9 Å². The van der Waals surface area contributed by atoms with Crippen LogP contribution in [0.4, 0.5) is 20.3 Å². The summed E-state index contributed by atoms with van der Waals surface area (Å²) in [6.07, 6.45) is 3.38. The molecule has 1 aliphatic heterocycles. The molecule has 1 aliphatic rings. The molecule has 1 fully saturated rings. The summed E-state index contributed by atoms with van der Waals surface area (Å²) in [7, 11) is 1.39. The van der Waals surface area contributed by atoms with Crippen LogP contribution in [-0.4, -0.2) is 53.6 Å². The van der Waals surface area contributed by atoms with E-state index in [1.807, 2.05) is 16.5 Å². The number of ether oxygens (including phenoxy) is 1. The molecule has 214 valence electrons. The van der Waals surface area contributed by atoms with Crippen LogP contribution in [0.15, 0.2) is 73.1 Å². The monoisotopic (exact) mass is 569 g/mol. The van der Waals surface area contributed by atoms with E-state index in [1.54, 1.807) is 24.5 Å². The van der Waals surface area contributed by atoms with Crippen molar-refractivity contribution in [2.24, 2.45) is 0 Å². The fraction of sp³-hybridized carbons (Fsp3) is 0.194. The number of carbonyl (C=O) groups is 1. The molecule has 0 aliphatic carbocycles. The summed E-state index contributed by atoms with van der Waals surface area (Å²) in [4.78, 5) is 24.1. The number of rotatable bonds is 7. The first-order chi connectivity index (χ1) is 20.4. The molecule has 0 saturated carbocycles. The van der Waals surface area contributed by atoms with Gasteiger partial charge in [0.05, 0.1) is 12.7 Å². The molecule has 1 amide bonds. The minimum Gasteiger partial charge on any atom is -0.496 e. The molecular formula is C31H29F2N7O2. The smallest absolute Gasteiger partial charge is 0.255 e. The number of fused-ring (bicyclic) bond motifs is 1. The Bertz CT molecular complexity index is 1770. The molecule has 0 bridgehead atoms. The van der Waals surface area contributed by atoms with Crippen LogP contribution >= 0.6 is 0 Å². The normalized spacial score (nSPS) is 13.4. The number of amides is 1. The zero-order chi connectivity index (χ0) is 29.2. The Kier molecular flexibility index (Phi) is 7.41. The topological polar surface area (TPSA) is 110 Å². The lowest BCUT2D eigenvalue weighted by molar-refractivity contribution is 0.0947. The van der Waals surface area contributed by atoms with Crippen LogP contribution in [0, 0.1) is 11.6 Å². The third-order valence-corrected chi connectivity index (χ3v) is 7.36. The fourth-order valence-electron chi connectivity index (χ4n) is 5.18. The number of benzene rings is 3. The molecule has 3 heterocycles. The quantitative estimate of drug-likeness (QED) is 0.269. The molecule has 2 aromatic heterocycles. The van der Waals surface area contributed by atoms with Gasteiger partial charge in [-0.2, -0.15) is 0 Å². The first-order valence-electron chi connectivity index (χ1n) is 13.5. The molecule has 0 unspecified atom stereocenters. The molecule has 4 N–H and O–H groups in total. The molecule has 5 aromatic rings. The Labute approximate surface area is 241 Å². The predicted molar refractivity (Wildman–Crippen MR) is 157 cm³/mol.